The predicted octanol–water partition coefficient (Wildman–Crippen LogP) is 2.87. The Morgan fingerprint density at radius 1 is 1.22 bits per heavy atom. The van der Waals surface area contributed by atoms with Crippen molar-refractivity contribution in [3.8, 4) is 0 Å². The number of hydrogen-bond acceptors (Lipinski definition) is 2. The molecule has 0 saturated heterocycles. The Morgan fingerprint density at radius 2 is 1.83 bits per heavy atom. The Labute approximate surface area is 118 Å². The summed E-state index contributed by atoms with van der Waals surface area (Å²) in [5.74, 6) is 1.76. The highest BCUT2D eigenvalue weighted by atomic mass is 35.5. The first-order valence-corrected chi connectivity index (χ1v) is 7.23. The van der Waals surface area contributed by atoms with Crippen molar-refractivity contribution in [3.05, 3.63) is 0 Å². The van der Waals surface area contributed by atoms with Gasteiger partial charge in [-0.1, -0.05) is 39.0 Å². The van der Waals surface area contributed by atoms with Crippen molar-refractivity contribution in [3.63, 3.8) is 0 Å². The molecule has 0 aliphatic heterocycles. The van der Waals surface area contributed by atoms with Crippen molar-refractivity contribution in [2.75, 3.05) is 13.1 Å². The van der Waals surface area contributed by atoms with Crippen molar-refractivity contribution in [2.45, 2.75) is 58.3 Å². The lowest BCUT2D eigenvalue weighted by molar-refractivity contribution is -0.121. The molecule has 1 saturated carbocycles. The molecule has 1 aliphatic carbocycles. The molecule has 0 bridgehead atoms. The number of hydrogen-bond donors (Lipinski definition) is 2. The number of halogens is 1. The Hall–Kier alpha value is -0.280. The molecule has 0 unspecified atom stereocenters. The third-order valence-corrected chi connectivity index (χ3v) is 3.89. The molecule has 0 radical (unpaired) electrons. The number of amides is 1. The van der Waals surface area contributed by atoms with E-state index in [0.717, 1.165) is 12.5 Å². The number of carbonyl (C=O) groups is 1. The van der Waals surface area contributed by atoms with Gasteiger partial charge in [0.15, 0.2) is 0 Å². The third kappa shape index (κ3) is 7.22. The van der Waals surface area contributed by atoms with Crippen LogP contribution in [0.15, 0.2) is 0 Å². The number of rotatable bonds is 7. The van der Waals surface area contributed by atoms with Gasteiger partial charge in [0.1, 0.15) is 0 Å². The van der Waals surface area contributed by atoms with Gasteiger partial charge in [-0.3, -0.25) is 4.79 Å². The fourth-order valence-electron chi connectivity index (χ4n) is 2.69. The van der Waals surface area contributed by atoms with E-state index in [-0.39, 0.29) is 18.3 Å². The van der Waals surface area contributed by atoms with Gasteiger partial charge in [0.05, 0.1) is 0 Å². The van der Waals surface area contributed by atoms with E-state index in [1.807, 2.05) is 0 Å². The quantitative estimate of drug-likeness (QED) is 0.751. The SMILES string of the molecule is CCCCC1CCC(CNC(=O)CCN)CC1.Cl. The molecule has 0 aromatic rings. The maximum atomic E-state index is 11.3. The minimum atomic E-state index is 0. The van der Waals surface area contributed by atoms with E-state index in [0.29, 0.717) is 18.9 Å². The molecule has 108 valence electrons. The molecule has 1 amide bonds. The van der Waals surface area contributed by atoms with Gasteiger partial charge in [-0.15, -0.1) is 12.4 Å². The van der Waals surface area contributed by atoms with Crippen molar-refractivity contribution < 1.29 is 4.79 Å². The first-order valence-electron chi connectivity index (χ1n) is 7.23. The van der Waals surface area contributed by atoms with E-state index >= 15 is 0 Å². The van der Waals surface area contributed by atoms with Crippen LogP contribution in [0.5, 0.6) is 0 Å². The summed E-state index contributed by atoms with van der Waals surface area (Å²) in [7, 11) is 0. The molecule has 3 nitrogen and oxygen atoms in total. The van der Waals surface area contributed by atoms with Crippen molar-refractivity contribution in [1.29, 1.82) is 0 Å². The second-order valence-electron chi connectivity index (χ2n) is 5.37. The van der Waals surface area contributed by atoms with Gasteiger partial charge in [0.2, 0.25) is 5.91 Å². The summed E-state index contributed by atoms with van der Waals surface area (Å²) in [6.07, 6.45) is 9.86. The number of carbonyl (C=O) groups excluding carboxylic acids is 1. The average Bonchev–Trinajstić information content (AvgIpc) is 2.35. The van der Waals surface area contributed by atoms with E-state index in [1.165, 1.54) is 44.9 Å². The Balaban J connectivity index is 0.00000289. The summed E-state index contributed by atoms with van der Waals surface area (Å²) < 4.78 is 0. The first-order chi connectivity index (χ1) is 8.26. The van der Waals surface area contributed by atoms with Crippen molar-refractivity contribution in [2.24, 2.45) is 17.6 Å². The van der Waals surface area contributed by atoms with E-state index in [1.54, 1.807) is 0 Å². The Bertz CT molecular complexity index is 216. The number of unbranched alkanes of at least 4 members (excludes halogenated alkanes) is 1. The molecule has 0 heterocycles. The van der Waals surface area contributed by atoms with Gasteiger partial charge in [-0.25, -0.2) is 0 Å². The normalized spacial score (nSPS) is 23.2. The maximum absolute atomic E-state index is 11.3. The monoisotopic (exact) mass is 276 g/mol. The van der Waals surface area contributed by atoms with Crippen LogP contribution < -0.4 is 11.1 Å². The molecule has 1 aliphatic rings. The van der Waals surface area contributed by atoms with Gasteiger partial charge in [0.25, 0.3) is 0 Å². The van der Waals surface area contributed by atoms with Crippen LogP contribution in [-0.4, -0.2) is 19.0 Å². The standard InChI is InChI=1S/C14H28N2O.ClH/c1-2-3-4-12-5-7-13(8-6-12)11-16-14(17)9-10-15;/h12-13H,2-11,15H2,1H3,(H,16,17);1H. The largest absolute Gasteiger partial charge is 0.356 e. The maximum Gasteiger partial charge on any atom is 0.221 e. The summed E-state index contributed by atoms with van der Waals surface area (Å²) >= 11 is 0. The summed E-state index contributed by atoms with van der Waals surface area (Å²) in [6.45, 7) is 3.58. The van der Waals surface area contributed by atoms with Gasteiger partial charge in [-0.05, 0) is 24.7 Å². The third-order valence-electron chi connectivity index (χ3n) is 3.89. The minimum Gasteiger partial charge on any atom is -0.356 e. The molecule has 0 aromatic heterocycles. The van der Waals surface area contributed by atoms with Gasteiger partial charge in [0, 0.05) is 19.5 Å². The van der Waals surface area contributed by atoms with Crippen LogP contribution in [0.25, 0.3) is 0 Å². The Morgan fingerprint density at radius 3 is 2.39 bits per heavy atom. The number of nitrogens with one attached hydrogen (secondary N) is 1. The second-order valence-corrected chi connectivity index (χ2v) is 5.37. The van der Waals surface area contributed by atoms with E-state index in [9.17, 15) is 4.79 Å². The highest BCUT2D eigenvalue weighted by Crippen LogP contribution is 2.31. The smallest absolute Gasteiger partial charge is 0.221 e. The van der Waals surface area contributed by atoms with Crippen LogP contribution in [0.3, 0.4) is 0 Å². The van der Waals surface area contributed by atoms with Crippen LogP contribution in [0, 0.1) is 11.8 Å². The Kier molecular flexibility index (Phi) is 10.5. The lowest BCUT2D eigenvalue weighted by Gasteiger charge is -2.28. The van der Waals surface area contributed by atoms with Gasteiger partial charge >= 0.3 is 0 Å². The summed E-state index contributed by atoms with van der Waals surface area (Å²) in [6, 6.07) is 0. The molecule has 0 aromatic carbocycles. The van der Waals surface area contributed by atoms with Crippen LogP contribution in [-0.2, 0) is 4.79 Å². The lowest BCUT2D eigenvalue weighted by Crippen LogP contribution is -2.32. The molecule has 1 fully saturated rings. The highest BCUT2D eigenvalue weighted by Gasteiger charge is 2.20. The zero-order valence-electron chi connectivity index (χ0n) is 11.6. The van der Waals surface area contributed by atoms with E-state index in [2.05, 4.69) is 12.2 Å². The minimum absolute atomic E-state index is 0. The van der Waals surface area contributed by atoms with Gasteiger partial charge < -0.3 is 11.1 Å². The van der Waals surface area contributed by atoms with Crippen LogP contribution in [0.1, 0.15) is 58.3 Å². The predicted molar refractivity (Wildman–Crippen MR) is 78.9 cm³/mol. The van der Waals surface area contributed by atoms with Crippen LogP contribution >= 0.6 is 12.4 Å². The zero-order valence-corrected chi connectivity index (χ0v) is 12.4. The summed E-state index contributed by atoms with van der Waals surface area (Å²) in [5, 5.41) is 2.99. The molecule has 18 heavy (non-hydrogen) atoms. The highest BCUT2D eigenvalue weighted by molar-refractivity contribution is 5.85. The van der Waals surface area contributed by atoms with E-state index in [4.69, 9.17) is 5.73 Å². The van der Waals surface area contributed by atoms with Crippen molar-refractivity contribution >= 4 is 18.3 Å². The van der Waals surface area contributed by atoms with Crippen LogP contribution in [0.2, 0.25) is 0 Å². The second kappa shape index (κ2) is 10.6. The molecule has 3 N–H and O–H groups in total. The van der Waals surface area contributed by atoms with E-state index < -0.39 is 0 Å². The zero-order chi connectivity index (χ0) is 12.5. The molecular weight excluding hydrogens is 248 g/mol. The fourth-order valence-corrected chi connectivity index (χ4v) is 2.69. The average molecular weight is 277 g/mol. The molecule has 0 spiro atoms. The van der Waals surface area contributed by atoms with Gasteiger partial charge in [-0.2, -0.15) is 0 Å². The summed E-state index contributed by atoms with van der Waals surface area (Å²) in [4.78, 5) is 11.3. The fraction of sp³-hybridized carbons (Fsp3) is 0.929. The molecule has 0 atom stereocenters. The van der Waals surface area contributed by atoms with Crippen LogP contribution in [0.4, 0.5) is 0 Å². The molecular formula is C14H29ClN2O. The topological polar surface area (TPSA) is 55.1 Å². The molecule has 1 rings (SSSR count). The first kappa shape index (κ1) is 17.7. The van der Waals surface area contributed by atoms with Crippen molar-refractivity contribution in [1.82, 2.24) is 5.32 Å². The lowest BCUT2D eigenvalue weighted by atomic mass is 9.80. The number of nitrogens with two attached hydrogens (primary N) is 1. The summed E-state index contributed by atoms with van der Waals surface area (Å²) in [5.41, 5.74) is 5.34. The molecule has 4 heteroatoms.